The van der Waals surface area contributed by atoms with Crippen molar-refractivity contribution < 1.29 is 0 Å². The fourth-order valence-corrected chi connectivity index (χ4v) is 7.03. The summed E-state index contributed by atoms with van der Waals surface area (Å²) in [6.45, 7) is 4.43. The molecule has 3 aromatic heterocycles. The Hall–Kier alpha value is -1.57. The van der Waals surface area contributed by atoms with E-state index in [9.17, 15) is 0 Å². The van der Waals surface area contributed by atoms with Crippen LogP contribution in [0.5, 0.6) is 0 Å². The Morgan fingerprint density at radius 1 is 1.07 bits per heavy atom. The standard InChI is InChI=1S/C22H24N4S3/c1-14(2)28-21-23-20-18(16-10-6-7-11-17(16)29-20)19-24-25-22(26(19)21)27-13-12-15-8-4-3-5-9-15/h3-5,8-9,14H,6-7,10-13H2,1-2H3. The molecule has 0 spiro atoms. The molecule has 1 aromatic carbocycles. The number of hydrogen-bond acceptors (Lipinski definition) is 6. The normalized spacial score (nSPS) is 14.2. The molecule has 1 aliphatic rings. The highest BCUT2D eigenvalue weighted by Crippen LogP contribution is 2.40. The number of rotatable bonds is 6. The van der Waals surface area contributed by atoms with Crippen LogP contribution in [0.3, 0.4) is 0 Å². The summed E-state index contributed by atoms with van der Waals surface area (Å²) in [5.41, 5.74) is 3.83. The summed E-state index contributed by atoms with van der Waals surface area (Å²) in [5.74, 6) is 0.983. The lowest BCUT2D eigenvalue weighted by Gasteiger charge is -2.11. The summed E-state index contributed by atoms with van der Waals surface area (Å²) in [4.78, 5) is 7.75. The minimum absolute atomic E-state index is 0.460. The average Bonchev–Trinajstić information content (AvgIpc) is 3.29. The molecule has 0 fully saturated rings. The first-order chi connectivity index (χ1) is 14.2. The Bertz CT molecular complexity index is 1150. The van der Waals surface area contributed by atoms with Gasteiger partial charge >= 0.3 is 0 Å². The van der Waals surface area contributed by atoms with Crippen molar-refractivity contribution in [3.8, 4) is 0 Å². The number of aromatic nitrogens is 4. The maximum atomic E-state index is 5.10. The van der Waals surface area contributed by atoms with Gasteiger partial charge in [0.05, 0.1) is 5.39 Å². The first-order valence-corrected chi connectivity index (χ1v) is 12.9. The number of nitrogens with zero attached hydrogens (tertiary/aromatic N) is 4. The molecule has 4 nitrogen and oxygen atoms in total. The van der Waals surface area contributed by atoms with Gasteiger partial charge in [-0.2, -0.15) is 0 Å². The minimum Gasteiger partial charge on any atom is -0.247 e. The topological polar surface area (TPSA) is 43.1 Å². The second-order valence-corrected chi connectivity index (χ2v) is 11.4. The molecule has 4 aromatic rings. The maximum absolute atomic E-state index is 5.10. The van der Waals surface area contributed by atoms with Crippen molar-refractivity contribution in [2.75, 3.05) is 5.75 Å². The summed E-state index contributed by atoms with van der Waals surface area (Å²) in [6.07, 6.45) is 5.91. The highest BCUT2D eigenvalue weighted by molar-refractivity contribution is 8.00. The van der Waals surface area contributed by atoms with Gasteiger partial charge in [-0.3, -0.25) is 0 Å². The Labute approximate surface area is 183 Å². The molecular formula is C22H24N4S3. The largest absolute Gasteiger partial charge is 0.247 e. The molecule has 0 bridgehead atoms. The van der Waals surface area contributed by atoms with E-state index in [0.717, 1.165) is 39.4 Å². The number of fused-ring (bicyclic) bond motifs is 5. The minimum atomic E-state index is 0.460. The van der Waals surface area contributed by atoms with Crippen molar-refractivity contribution in [3.05, 3.63) is 46.3 Å². The number of hydrogen-bond donors (Lipinski definition) is 0. The second kappa shape index (κ2) is 8.28. The zero-order valence-electron chi connectivity index (χ0n) is 16.7. The molecule has 1 aliphatic carbocycles. The fraction of sp³-hybridized carbons (Fsp3) is 0.409. The predicted molar refractivity (Wildman–Crippen MR) is 125 cm³/mol. The van der Waals surface area contributed by atoms with Crippen LogP contribution < -0.4 is 0 Å². The van der Waals surface area contributed by atoms with E-state index in [2.05, 4.69) is 58.8 Å². The van der Waals surface area contributed by atoms with Crippen molar-refractivity contribution in [1.29, 1.82) is 0 Å². The van der Waals surface area contributed by atoms with E-state index in [1.807, 2.05) is 11.3 Å². The summed E-state index contributed by atoms with van der Waals surface area (Å²) >= 11 is 5.45. The molecule has 0 aliphatic heterocycles. The van der Waals surface area contributed by atoms with Gasteiger partial charge in [0.2, 0.25) is 0 Å². The SMILES string of the molecule is CC(C)Sc1nc2sc3c(c2c2nnc(SCCc4ccccc4)n12)CCCC3. The molecule has 0 saturated carbocycles. The van der Waals surface area contributed by atoms with Crippen LogP contribution >= 0.6 is 34.9 Å². The van der Waals surface area contributed by atoms with Gasteiger partial charge in [-0.25, -0.2) is 9.38 Å². The van der Waals surface area contributed by atoms with Crippen LogP contribution in [0.1, 0.15) is 42.7 Å². The number of thioether (sulfide) groups is 2. The maximum Gasteiger partial charge on any atom is 0.197 e. The molecule has 0 unspecified atom stereocenters. The fourth-order valence-electron chi connectivity index (χ4n) is 3.89. The van der Waals surface area contributed by atoms with Crippen LogP contribution in [-0.2, 0) is 19.3 Å². The van der Waals surface area contributed by atoms with E-state index >= 15 is 0 Å². The van der Waals surface area contributed by atoms with Crippen molar-refractivity contribution >= 4 is 50.7 Å². The van der Waals surface area contributed by atoms with E-state index < -0.39 is 0 Å². The highest BCUT2D eigenvalue weighted by atomic mass is 32.2. The van der Waals surface area contributed by atoms with Gasteiger partial charge in [-0.1, -0.05) is 67.7 Å². The monoisotopic (exact) mass is 440 g/mol. The second-order valence-electron chi connectivity index (χ2n) is 7.68. The van der Waals surface area contributed by atoms with E-state index in [1.54, 1.807) is 23.5 Å². The molecular weight excluding hydrogens is 416 g/mol. The predicted octanol–water partition coefficient (Wildman–Crippen LogP) is 6.05. The molecule has 3 heterocycles. The lowest BCUT2D eigenvalue weighted by atomic mass is 9.97. The third-order valence-electron chi connectivity index (χ3n) is 5.20. The van der Waals surface area contributed by atoms with Gasteiger partial charge in [-0.15, -0.1) is 21.5 Å². The Kier molecular flexibility index (Phi) is 5.54. The first kappa shape index (κ1) is 19.4. The molecule has 5 rings (SSSR count). The highest BCUT2D eigenvalue weighted by Gasteiger charge is 2.24. The van der Waals surface area contributed by atoms with Gasteiger partial charge in [0.25, 0.3) is 0 Å². The quantitative estimate of drug-likeness (QED) is 0.270. The van der Waals surface area contributed by atoms with Crippen molar-refractivity contribution in [2.45, 2.75) is 61.5 Å². The summed E-state index contributed by atoms with van der Waals surface area (Å²) in [6, 6.07) is 10.6. The third kappa shape index (κ3) is 3.80. The molecule has 0 amide bonds. The average molecular weight is 441 g/mol. The van der Waals surface area contributed by atoms with Crippen LogP contribution in [0.2, 0.25) is 0 Å². The van der Waals surface area contributed by atoms with Gasteiger partial charge in [0.15, 0.2) is 16.0 Å². The zero-order chi connectivity index (χ0) is 19.8. The van der Waals surface area contributed by atoms with Crippen molar-refractivity contribution in [1.82, 2.24) is 19.6 Å². The van der Waals surface area contributed by atoms with Crippen LogP contribution in [0.15, 0.2) is 40.6 Å². The van der Waals surface area contributed by atoms with Gasteiger partial charge < -0.3 is 0 Å². The summed E-state index contributed by atoms with van der Waals surface area (Å²) < 4.78 is 2.21. The van der Waals surface area contributed by atoms with E-state index in [4.69, 9.17) is 4.98 Å². The van der Waals surface area contributed by atoms with Gasteiger partial charge in [0.1, 0.15) is 4.83 Å². The number of benzene rings is 1. The molecule has 150 valence electrons. The molecule has 29 heavy (non-hydrogen) atoms. The summed E-state index contributed by atoms with van der Waals surface area (Å²) in [5, 5.41) is 13.0. The molecule has 0 N–H and O–H groups in total. The Morgan fingerprint density at radius 3 is 2.72 bits per heavy atom. The van der Waals surface area contributed by atoms with Crippen LogP contribution in [0.4, 0.5) is 0 Å². The zero-order valence-corrected chi connectivity index (χ0v) is 19.2. The van der Waals surface area contributed by atoms with E-state index in [0.29, 0.717) is 5.25 Å². The molecule has 0 atom stereocenters. The molecule has 0 saturated heterocycles. The lowest BCUT2D eigenvalue weighted by Crippen LogP contribution is -2.02. The van der Waals surface area contributed by atoms with E-state index in [1.165, 1.54) is 40.7 Å². The Balaban J connectivity index is 1.55. The van der Waals surface area contributed by atoms with Crippen LogP contribution in [0, 0.1) is 0 Å². The first-order valence-electron chi connectivity index (χ1n) is 10.2. The molecule has 7 heteroatoms. The Morgan fingerprint density at radius 2 is 1.90 bits per heavy atom. The van der Waals surface area contributed by atoms with Gasteiger partial charge in [0, 0.05) is 15.9 Å². The van der Waals surface area contributed by atoms with Crippen molar-refractivity contribution in [2.24, 2.45) is 0 Å². The molecule has 0 radical (unpaired) electrons. The number of thiophene rings is 1. The van der Waals surface area contributed by atoms with Crippen LogP contribution in [0.25, 0.3) is 15.9 Å². The lowest BCUT2D eigenvalue weighted by molar-refractivity contribution is 0.700. The van der Waals surface area contributed by atoms with E-state index in [-0.39, 0.29) is 0 Å². The summed E-state index contributed by atoms with van der Waals surface area (Å²) in [7, 11) is 0. The van der Waals surface area contributed by atoms with Gasteiger partial charge in [-0.05, 0) is 43.2 Å². The van der Waals surface area contributed by atoms with Crippen LogP contribution in [-0.4, -0.2) is 30.6 Å². The third-order valence-corrected chi connectivity index (χ3v) is 8.28. The number of aryl methyl sites for hydroxylation is 3. The smallest absolute Gasteiger partial charge is 0.197 e. The van der Waals surface area contributed by atoms with Crippen molar-refractivity contribution in [3.63, 3.8) is 0 Å².